The minimum absolute atomic E-state index is 0.712. The van der Waals surface area contributed by atoms with Gasteiger partial charge >= 0.3 is 0 Å². The van der Waals surface area contributed by atoms with Crippen LogP contribution in [0, 0.1) is 0 Å². The number of hydrogen-bond acceptors (Lipinski definition) is 2. The van der Waals surface area contributed by atoms with Gasteiger partial charge in [-0.2, -0.15) is 0 Å². The Morgan fingerprint density at radius 2 is 0.673 bits per heavy atom. The third-order valence-electron chi connectivity index (χ3n) is 10.3. The lowest BCUT2D eigenvalue weighted by Crippen LogP contribution is -1.96. The second-order valence-corrected chi connectivity index (χ2v) is 13.3. The molecule has 52 heavy (non-hydrogen) atoms. The van der Waals surface area contributed by atoms with E-state index in [-0.39, 0.29) is 0 Å². The molecule has 2 heteroatoms. The van der Waals surface area contributed by atoms with Crippen LogP contribution in [0.3, 0.4) is 0 Å². The van der Waals surface area contributed by atoms with Crippen LogP contribution in [-0.4, -0.2) is 9.97 Å². The molecule has 0 amide bonds. The standard InChI is InChI=1S/C50H32N2/c1-3-12-33(13-4-1)34-22-26-36(27-23-34)47-32-48(52-50(51-47)38-14-5-2-6-15-38)37-28-24-35(25-29-37)39-16-7-8-17-40(39)43-30-31-46-42-19-10-9-18-41(42)44-20-11-21-45(43)49(44)46/h1-32H. The Labute approximate surface area is 303 Å². The maximum Gasteiger partial charge on any atom is 0.160 e. The first-order valence-corrected chi connectivity index (χ1v) is 17.7. The zero-order valence-corrected chi connectivity index (χ0v) is 28.4. The smallest absolute Gasteiger partial charge is 0.160 e. The van der Waals surface area contributed by atoms with E-state index in [1.165, 1.54) is 66.4 Å². The number of hydrogen-bond donors (Lipinski definition) is 0. The lowest BCUT2D eigenvalue weighted by Gasteiger charge is -2.15. The molecule has 1 aromatic heterocycles. The Balaban J connectivity index is 1.04. The van der Waals surface area contributed by atoms with Gasteiger partial charge in [0.15, 0.2) is 5.82 Å². The molecule has 0 radical (unpaired) electrons. The first-order chi connectivity index (χ1) is 25.8. The molecule has 0 bridgehead atoms. The molecule has 0 aliphatic heterocycles. The fourth-order valence-corrected chi connectivity index (χ4v) is 7.76. The molecule has 2 nitrogen and oxygen atoms in total. The van der Waals surface area contributed by atoms with E-state index in [2.05, 4.69) is 170 Å². The monoisotopic (exact) mass is 660 g/mol. The summed E-state index contributed by atoms with van der Waals surface area (Å²) in [6, 6.07) is 69.1. The average molecular weight is 661 g/mol. The number of rotatable bonds is 6. The fourth-order valence-electron chi connectivity index (χ4n) is 7.76. The molecule has 1 aliphatic carbocycles. The Bertz CT molecular complexity index is 2720. The van der Waals surface area contributed by atoms with E-state index in [1.54, 1.807) is 0 Å². The van der Waals surface area contributed by atoms with Crippen molar-refractivity contribution >= 4 is 10.8 Å². The predicted molar refractivity (Wildman–Crippen MR) is 217 cm³/mol. The van der Waals surface area contributed by atoms with E-state index in [4.69, 9.17) is 9.97 Å². The van der Waals surface area contributed by atoms with Crippen molar-refractivity contribution in [3.05, 3.63) is 194 Å². The third-order valence-corrected chi connectivity index (χ3v) is 10.3. The summed E-state index contributed by atoms with van der Waals surface area (Å²) in [7, 11) is 0. The van der Waals surface area contributed by atoms with Crippen molar-refractivity contribution in [2.24, 2.45) is 0 Å². The normalized spacial score (nSPS) is 11.5. The van der Waals surface area contributed by atoms with Crippen LogP contribution in [0.25, 0.3) is 100 Å². The first kappa shape index (κ1) is 30.0. The zero-order chi connectivity index (χ0) is 34.4. The molecule has 9 aromatic rings. The zero-order valence-electron chi connectivity index (χ0n) is 28.4. The van der Waals surface area contributed by atoms with Gasteiger partial charge < -0.3 is 0 Å². The molecule has 10 rings (SSSR count). The summed E-state index contributed by atoms with van der Waals surface area (Å²) in [5, 5.41) is 2.63. The molecule has 8 aromatic carbocycles. The maximum atomic E-state index is 5.09. The van der Waals surface area contributed by atoms with Gasteiger partial charge in [-0.3, -0.25) is 0 Å². The van der Waals surface area contributed by atoms with Crippen molar-refractivity contribution in [3.63, 3.8) is 0 Å². The molecule has 1 heterocycles. The highest BCUT2D eigenvalue weighted by atomic mass is 14.9. The molecule has 0 unspecified atom stereocenters. The van der Waals surface area contributed by atoms with Crippen molar-refractivity contribution in [2.75, 3.05) is 0 Å². The van der Waals surface area contributed by atoms with Gasteiger partial charge in [-0.25, -0.2) is 9.97 Å². The van der Waals surface area contributed by atoms with Gasteiger partial charge in [-0.15, -0.1) is 0 Å². The number of nitrogens with zero attached hydrogens (tertiary/aromatic N) is 2. The summed E-state index contributed by atoms with van der Waals surface area (Å²) < 4.78 is 0. The van der Waals surface area contributed by atoms with Crippen LogP contribution in [0.15, 0.2) is 194 Å². The van der Waals surface area contributed by atoms with Crippen LogP contribution >= 0.6 is 0 Å². The van der Waals surface area contributed by atoms with Crippen LogP contribution in [0.2, 0.25) is 0 Å². The predicted octanol–water partition coefficient (Wildman–Crippen LogP) is 13.3. The van der Waals surface area contributed by atoms with Crippen molar-refractivity contribution < 1.29 is 0 Å². The van der Waals surface area contributed by atoms with Gasteiger partial charge in [0, 0.05) is 16.7 Å². The van der Waals surface area contributed by atoms with Gasteiger partial charge in [0.2, 0.25) is 0 Å². The van der Waals surface area contributed by atoms with Crippen LogP contribution in [0.1, 0.15) is 0 Å². The molecule has 0 saturated carbocycles. The van der Waals surface area contributed by atoms with Crippen molar-refractivity contribution in [1.82, 2.24) is 9.97 Å². The van der Waals surface area contributed by atoms with Crippen molar-refractivity contribution in [2.45, 2.75) is 0 Å². The van der Waals surface area contributed by atoms with E-state index in [0.29, 0.717) is 5.82 Å². The highest BCUT2D eigenvalue weighted by molar-refractivity contribution is 6.19. The minimum atomic E-state index is 0.712. The Morgan fingerprint density at radius 3 is 1.29 bits per heavy atom. The fraction of sp³-hybridized carbons (Fsp3) is 0. The lowest BCUT2D eigenvalue weighted by atomic mass is 9.89. The lowest BCUT2D eigenvalue weighted by molar-refractivity contribution is 1.18. The molecular weight excluding hydrogens is 629 g/mol. The minimum Gasteiger partial charge on any atom is -0.228 e. The summed E-state index contributed by atoms with van der Waals surface area (Å²) >= 11 is 0. The summed E-state index contributed by atoms with van der Waals surface area (Å²) in [4.78, 5) is 10.2. The van der Waals surface area contributed by atoms with Gasteiger partial charge in [0.1, 0.15) is 0 Å². The molecule has 0 saturated heterocycles. The summed E-state index contributed by atoms with van der Waals surface area (Å²) in [6.45, 7) is 0. The largest absolute Gasteiger partial charge is 0.228 e. The molecule has 0 N–H and O–H groups in total. The van der Waals surface area contributed by atoms with Crippen LogP contribution in [-0.2, 0) is 0 Å². The molecule has 1 aliphatic rings. The average Bonchev–Trinajstić information content (AvgIpc) is 3.56. The summed E-state index contributed by atoms with van der Waals surface area (Å²) in [5.74, 6) is 0.712. The van der Waals surface area contributed by atoms with E-state index in [9.17, 15) is 0 Å². The number of fused-ring (bicyclic) bond motifs is 3. The number of aromatic nitrogens is 2. The Kier molecular flexibility index (Phi) is 7.18. The van der Waals surface area contributed by atoms with Crippen LogP contribution in [0.5, 0.6) is 0 Å². The van der Waals surface area contributed by atoms with Gasteiger partial charge in [0.05, 0.1) is 11.4 Å². The summed E-state index contributed by atoms with van der Waals surface area (Å²) in [6.07, 6.45) is 0. The maximum absolute atomic E-state index is 5.09. The first-order valence-electron chi connectivity index (χ1n) is 17.7. The van der Waals surface area contributed by atoms with Crippen molar-refractivity contribution in [1.29, 1.82) is 0 Å². The Morgan fingerprint density at radius 1 is 0.250 bits per heavy atom. The van der Waals surface area contributed by atoms with E-state index in [0.717, 1.165) is 28.1 Å². The third kappa shape index (κ3) is 5.12. The SMILES string of the molecule is c1ccc(-c2ccc(-c3cc(-c4ccc(-c5ccccc5-c5ccc6c7c(cccc57)-c5ccccc5-6)cc4)nc(-c4ccccc4)n3)cc2)cc1. The molecule has 0 atom stereocenters. The topological polar surface area (TPSA) is 25.8 Å². The molecule has 0 fully saturated rings. The quantitative estimate of drug-likeness (QED) is 0.177. The second-order valence-electron chi connectivity index (χ2n) is 13.3. The highest BCUT2D eigenvalue weighted by Crippen LogP contribution is 2.50. The molecule has 242 valence electrons. The van der Waals surface area contributed by atoms with Crippen molar-refractivity contribution in [3.8, 4) is 89.5 Å². The Hall–Kier alpha value is -6.90. The summed E-state index contributed by atoms with van der Waals surface area (Å²) in [5.41, 5.74) is 17.4. The van der Waals surface area contributed by atoms with Gasteiger partial charge in [-0.05, 0) is 72.5 Å². The van der Waals surface area contributed by atoms with E-state index >= 15 is 0 Å². The highest BCUT2D eigenvalue weighted by Gasteiger charge is 2.23. The van der Waals surface area contributed by atoms with Crippen LogP contribution < -0.4 is 0 Å². The second kappa shape index (κ2) is 12.5. The van der Waals surface area contributed by atoms with Crippen LogP contribution in [0.4, 0.5) is 0 Å². The molecule has 0 spiro atoms. The van der Waals surface area contributed by atoms with Gasteiger partial charge in [0.25, 0.3) is 0 Å². The van der Waals surface area contributed by atoms with E-state index in [1.807, 2.05) is 24.3 Å². The van der Waals surface area contributed by atoms with Gasteiger partial charge in [-0.1, -0.05) is 188 Å². The van der Waals surface area contributed by atoms with E-state index < -0.39 is 0 Å². The molecular formula is C50H32N2. The number of benzene rings is 8.